The van der Waals surface area contributed by atoms with Gasteiger partial charge in [0.2, 0.25) is 4.96 Å². The van der Waals surface area contributed by atoms with Crippen molar-refractivity contribution in [1.29, 1.82) is 0 Å². The minimum absolute atomic E-state index is 0.195. The number of hydrogen-bond donors (Lipinski definition) is 0. The second-order valence-corrected chi connectivity index (χ2v) is 9.65. The van der Waals surface area contributed by atoms with Gasteiger partial charge < -0.3 is 4.74 Å². The van der Waals surface area contributed by atoms with Crippen LogP contribution in [0.5, 0.6) is 5.75 Å². The number of rotatable bonds is 6. The van der Waals surface area contributed by atoms with Crippen LogP contribution in [0.15, 0.2) is 83.1 Å². The van der Waals surface area contributed by atoms with Gasteiger partial charge in [-0.15, -0.1) is 16.4 Å². The summed E-state index contributed by atoms with van der Waals surface area (Å²) in [4.78, 5) is 19.4. The van der Waals surface area contributed by atoms with Crippen molar-refractivity contribution in [1.82, 2.24) is 24.4 Å². The quantitative estimate of drug-likeness (QED) is 0.334. The molecule has 6 aromatic rings. The van der Waals surface area contributed by atoms with Gasteiger partial charge in [0.1, 0.15) is 11.4 Å². The van der Waals surface area contributed by atoms with E-state index in [0.717, 1.165) is 33.1 Å². The van der Waals surface area contributed by atoms with E-state index in [9.17, 15) is 4.79 Å². The van der Waals surface area contributed by atoms with Gasteiger partial charge in [0.15, 0.2) is 5.82 Å². The van der Waals surface area contributed by atoms with E-state index in [1.54, 1.807) is 11.3 Å². The van der Waals surface area contributed by atoms with Gasteiger partial charge in [-0.05, 0) is 60.8 Å². The van der Waals surface area contributed by atoms with E-state index < -0.39 is 0 Å². The minimum atomic E-state index is -0.195. The van der Waals surface area contributed by atoms with Gasteiger partial charge in [-0.1, -0.05) is 35.6 Å². The summed E-state index contributed by atoms with van der Waals surface area (Å²) in [6, 6.07) is 21.5. The number of ether oxygens (including phenoxy) is 1. The third-order valence-corrected chi connectivity index (χ3v) is 7.25. The summed E-state index contributed by atoms with van der Waals surface area (Å²) in [5.41, 5.74) is 3.29. The number of hydrogen-bond acceptors (Lipinski definition) is 7. The van der Waals surface area contributed by atoms with Crippen molar-refractivity contribution in [3.8, 4) is 33.4 Å². The molecule has 0 saturated heterocycles. The van der Waals surface area contributed by atoms with Gasteiger partial charge in [0.05, 0.1) is 21.7 Å². The number of nitrogens with zero attached hydrogens (tertiary/aromatic N) is 5. The zero-order valence-electron chi connectivity index (χ0n) is 18.7. The second kappa shape index (κ2) is 8.94. The molecule has 0 spiro atoms. The van der Waals surface area contributed by atoms with Crippen LogP contribution in [0, 0.1) is 0 Å². The molecule has 0 N–H and O–H groups in total. The highest BCUT2D eigenvalue weighted by Gasteiger charge is 2.15. The Morgan fingerprint density at radius 2 is 1.83 bits per heavy atom. The molecule has 0 aliphatic rings. The average Bonchev–Trinajstić information content (AvgIpc) is 3.67. The van der Waals surface area contributed by atoms with Crippen LogP contribution in [0.2, 0.25) is 0 Å². The highest BCUT2D eigenvalue weighted by Crippen LogP contribution is 2.28. The lowest BCUT2D eigenvalue weighted by Crippen LogP contribution is -2.23. The van der Waals surface area contributed by atoms with E-state index in [0.29, 0.717) is 21.9 Å². The van der Waals surface area contributed by atoms with E-state index >= 15 is 0 Å². The minimum Gasteiger partial charge on any atom is -0.494 e. The van der Waals surface area contributed by atoms with E-state index in [1.165, 1.54) is 15.9 Å². The predicted octanol–water partition coefficient (Wildman–Crippen LogP) is 4.68. The molecule has 9 heteroatoms. The maximum Gasteiger partial charge on any atom is 0.291 e. The molecular formula is C26H19N5O2S2. The molecule has 0 unspecified atom stereocenters. The van der Waals surface area contributed by atoms with E-state index in [-0.39, 0.29) is 5.56 Å². The number of fused-ring (bicyclic) bond motifs is 1. The van der Waals surface area contributed by atoms with E-state index in [2.05, 4.69) is 10.1 Å². The Labute approximate surface area is 208 Å². The fraction of sp³-hybridized carbons (Fsp3) is 0.0769. The number of benzene rings is 2. The lowest BCUT2D eigenvalue weighted by molar-refractivity contribution is 0.340. The molecule has 0 radical (unpaired) electrons. The fourth-order valence-electron chi connectivity index (χ4n) is 3.77. The molecule has 0 aliphatic heterocycles. The molecule has 0 bridgehead atoms. The van der Waals surface area contributed by atoms with Gasteiger partial charge in [-0.25, -0.2) is 4.68 Å². The largest absolute Gasteiger partial charge is 0.494 e. The van der Waals surface area contributed by atoms with Crippen LogP contribution in [0.1, 0.15) is 12.5 Å². The zero-order valence-corrected chi connectivity index (χ0v) is 20.3. The Morgan fingerprint density at radius 1 is 1.00 bits per heavy atom. The molecule has 0 saturated carbocycles. The van der Waals surface area contributed by atoms with Crippen molar-refractivity contribution in [2.75, 3.05) is 6.61 Å². The van der Waals surface area contributed by atoms with Gasteiger partial charge in [0.25, 0.3) is 5.56 Å². The molecule has 0 atom stereocenters. The molecular weight excluding hydrogens is 478 g/mol. The normalized spacial score (nSPS) is 12.0. The first-order valence-electron chi connectivity index (χ1n) is 11.0. The predicted molar refractivity (Wildman–Crippen MR) is 139 cm³/mol. The van der Waals surface area contributed by atoms with Gasteiger partial charge in [-0.2, -0.15) is 14.6 Å². The first-order valence-corrected chi connectivity index (χ1v) is 12.7. The van der Waals surface area contributed by atoms with Gasteiger partial charge in [-0.3, -0.25) is 4.79 Å². The lowest BCUT2D eigenvalue weighted by atomic mass is 10.2. The number of para-hydroxylation sites is 1. The standard InChI is InChI=1S/C26H19N5O2S2/c1-2-33-20-12-10-17(11-13-20)24-27-26-31(29-24)25(32)22(35-26)15-18-16-30(19-7-4-3-5-8-19)28-23(18)21-9-6-14-34-21/h3-16H,2H2,1H3/b22-15+. The van der Waals surface area contributed by atoms with Crippen molar-refractivity contribution in [3.63, 3.8) is 0 Å². The van der Waals surface area contributed by atoms with Crippen molar-refractivity contribution >= 4 is 33.7 Å². The molecule has 35 heavy (non-hydrogen) atoms. The molecule has 0 amide bonds. The van der Waals surface area contributed by atoms with Crippen molar-refractivity contribution in [2.45, 2.75) is 6.92 Å². The summed E-state index contributed by atoms with van der Waals surface area (Å²) < 4.78 is 9.26. The Hall–Kier alpha value is -4.08. The van der Waals surface area contributed by atoms with Crippen molar-refractivity contribution in [3.05, 3.63) is 98.8 Å². The van der Waals surface area contributed by atoms with Crippen molar-refractivity contribution < 1.29 is 4.74 Å². The average molecular weight is 498 g/mol. The van der Waals surface area contributed by atoms with Gasteiger partial charge in [0, 0.05) is 17.3 Å². The van der Waals surface area contributed by atoms with Crippen LogP contribution in [-0.2, 0) is 0 Å². The van der Waals surface area contributed by atoms with Gasteiger partial charge >= 0.3 is 0 Å². The number of thiophene rings is 1. The number of thiazole rings is 1. The second-order valence-electron chi connectivity index (χ2n) is 7.69. The van der Waals surface area contributed by atoms with Crippen LogP contribution < -0.4 is 14.8 Å². The third kappa shape index (κ3) is 4.05. The molecule has 7 nitrogen and oxygen atoms in total. The number of aromatic nitrogens is 5. The summed E-state index contributed by atoms with van der Waals surface area (Å²) >= 11 is 2.93. The van der Waals surface area contributed by atoms with Crippen molar-refractivity contribution in [2.24, 2.45) is 0 Å². The molecule has 172 valence electrons. The SMILES string of the molecule is CCOc1ccc(-c2nc3s/c(=C/c4cn(-c5ccccc5)nc4-c4cccs4)c(=O)n3n2)cc1. The Kier molecular flexibility index (Phi) is 5.48. The Bertz CT molecular complexity index is 1720. The van der Waals surface area contributed by atoms with Crippen LogP contribution in [-0.4, -0.2) is 31.0 Å². The highest BCUT2D eigenvalue weighted by molar-refractivity contribution is 7.15. The molecule has 4 aromatic heterocycles. The Balaban J connectivity index is 1.42. The fourth-order valence-corrected chi connectivity index (χ4v) is 5.40. The first kappa shape index (κ1) is 21.5. The molecule has 6 rings (SSSR count). The smallest absolute Gasteiger partial charge is 0.291 e. The maximum atomic E-state index is 13.2. The third-order valence-electron chi connectivity index (χ3n) is 5.41. The van der Waals surface area contributed by atoms with E-state index in [1.807, 2.05) is 96.0 Å². The van der Waals surface area contributed by atoms with Crippen LogP contribution in [0.25, 0.3) is 38.7 Å². The Morgan fingerprint density at radius 3 is 2.54 bits per heavy atom. The van der Waals surface area contributed by atoms with Crippen LogP contribution in [0.3, 0.4) is 0 Å². The highest BCUT2D eigenvalue weighted by atomic mass is 32.1. The summed E-state index contributed by atoms with van der Waals surface area (Å²) in [7, 11) is 0. The summed E-state index contributed by atoms with van der Waals surface area (Å²) in [5, 5.41) is 11.3. The maximum absolute atomic E-state index is 13.2. The monoisotopic (exact) mass is 497 g/mol. The summed E-state index contributed by atoms with van der Waals surface area (Å²) in [6.45, 7) is 2.55. The van der Waals surface area contributed by atoms with Crippen LogP contribution in [0.4, 0.5) is 0 Å². The molecule has 0 aliphatic carbocycles. The lowest BCUT2D eigenvalue weighted by Gasteiger charge is -2.02. The summed E-state index contributed by atoms with van der Waals surface area (Å²) in [6.07, 6.45) is 3.83. The van der Waals surface area contributed by atoms with Crippen LogP contribution >= 0.6 is 22.7 Å². The molecule has 4 heterocycles. The topological polar surface area (TPSA) is 74.3 Å². The summed E-state index contributed by atoms with van der Waals surface area (Å²) in [5.74, 6) is 1.30. The van der Waals surface area contributed by atoms with E-state index in [4.69, 9.17) is 9.84 Å². The molecule has 0 fully saturated rings. The molecule has 2 aromatic carbocycles. The first-order chi connectivity index (χ1) is 17.2. The zero-order chi connectivity index (χ0) is 23.8.